The molecule has 2 N–H and O–H groups in total. The number of esters is 1. The van der Waals surface area contributed by atoms with E-state index < -0.39 is 24.4 Å². The van der Waals surface area contributed by atoms with E-state index in [2.05, 4.69) is 26.8 Å². The summed E-state index contributed by atoms with van der Waals surface area (Å²) < 4.78 is 16.3. The molecule has 1 aromatic heterocycles. The van der Waals surface area contributed by atoms with E-state index in [1.807, 2.05) is 6.92 Å². The van der Waals surface area contributed by atoms with E-state index in [9.17, 15) is 14.4 Å². The largest absolute Gasteiger partial charge is 0.493 e. The Hall–Kier alpha value is -2.59. The van der Waals surface area contributed by atoms with Gasteiger partial charge in [0.05, 0.1) is 28.6 Å². The number of carbonyl (C=O) groups is 3. The molecular formula is C18H19BrN2O6S. The first-order valence-electron chi connectivity index (χ1n) is 8.26. The highest BCUT2D eigenvalue weighted by Crippen LogP contribution is 2.36. The van der Waals surface area contributed by atoms with Gasteiger partial charge in [-0.3, -0.25) is 20.4 Å². The molecule has 150 valence electrons. The fourth-order valence-corrected chi connectivity index (χ4v) is 3.20. The number of halogens is 1. The SMILES string of the molecule is CCCOc1c(Br)cc(C(=O)OCC(=O)NNC(=O)c2cccs2)cc1OC. The number of amides is 2. The molecule has 0 spiro atoms. The van der Waals surface area contributed by atoms with Gasteiger partial charge in [-0.05, 0) is 45.9 Å². The zero-order valence-electron chi connectivity index (χ0n) is 15.2. The van der Waals surface area contributed by atoms with Crippen molar-refractivity contribution in [2.24, 2.45) is 0 Å². The number of hydrazine groups is 1. The summed E-state index contributed by atoms with van der Waals surface area (Å²) in [6, 6.07) is 6.32. The predicted molar refractivity (Wildman–Crippen MR) is 107 cm³/mol. The quantitative estimate of drug-likeness (QED) is 0.454. The molecule has 28 heavy (non-hydrogen) atoms. The van der Waals surface area contributed by atoms with Crippen LogP contribution in [0.25, 0.3) is 0 Å². The van der Waals surface area contributed by atoms with Gasteiger partial charge in [0, 0.05) is 0 Å². The molecule has 10 heteroatoms. The lowest BCUT2D eigenvalue weighted by atomic mass is 10.2. The van der Waals surface area contributed by atoms with E-state index in [-0.39, 0.29) is 5.56 Å². The van der Waals surface area contributed by atoms with Crippen LogP contribution >= 0.6 is 27.3 Å². The normalized spacial score (nSPS) is 10.1. The van der Waals surface area contributed by atoms with E-state index in [0.29, 0.717) is 27.5 Å². The fourth-order valence-electron chi connectivity index (χ4n) is 2.03. The molecule has 1 heterocycles. The molecule has 0 aliphatic heterocycles. The number of ether oxygens (including phenoxy) is 3. The van der Waals surface area contributed by atoms with E-state index in [4.69, 9.17) is 14.2 Å². The molecule has 0 bridgehead atoms. The summed E-state index contributed by atoms with van der Waals surface area (Å²) in [5, 5.41) is 1.74. The summed E-state index contributed by atoms with van der Waals surface area (Å²) in [5.74, 6) is -1.00. The second-order valence-corrected chi connectivity index (χ2v) is 7.20. The van der Waals surface area contributed by atoms with Crippen molar-refractivity contribution in [2.45, 2.75) is 13.3 Å². The number of hydrogen-bond donors (Lipinski definition) is 2. The first-order chi connectivity index (χ1) is 13.5. The first-order valence-corrected chi connectivity index (χ1v) is 9.93. The van der Waals surface area contributed by atoms with Crippen LogP contribution in [0.5, 0.6) is 11.5 Å². The van der Waals surface area contributed by atoms with Crippen LogP contribution in [-0.2, 0) is 9.53 Å². The van der Waals surface area contributed by atoms with Crippen molar-refractivity contribution >= 4 is 45.1 Å². The van der Waals surface area contributed by atoms with Gasteiger partial charge in [-0.2, -0.15) is 0 Å². The molecule has 8 nitrogen and oxygen atoms in total. The average molecular weight is 471 g/mol. The van der Waals surface area contributed by atoms with Gasteiger partial charge in [-0.25, -0.2) is 4.79 Å². The van der Waals surface area contributed by atoms with Crippen LogP contribution in [0.1, 0.15) is 33.4 Å². The van der Waals surface area contributed by atoms with Crippen molar-refractivity contribution in [3.8, 4) is 11.5 Å². The monoisotopic (exact) mass is 470 g/mol. The minimum Gasteiger partial charge on any atom is -0.493 e. The van der Waals surface area contributed by atoms with Gasteiger partial charge in [0.25, 0.3) is 11.8 Å². The van der Waals surface area contributed by atoms with Gasteiger partial charge in [-0.1, -0.05) is 13.0 Å². The molecule has 0 unspecified atom stereocenters. The molecule has 0 fully saturated rings. The van der Waals surface area contributed by atoms with Crippen LogP contribution in [0, 0.1) is 0 Å². The third-order valence-corrected chi connectivity index (χ3v) is 4.77. The van der Waals surface area contributed by atoms with Gasteiger partial charge in [0.1, 0.15) is 0 Å². The Labute approximate surface area is 174 Å². The molecule has 0 radical (unpaired) electrons. The summed E-state index contributed by atoms with van der Waals surface area (Å²) >= 11 is 4.57. The number of methoxy groups -OCH3 is 1. The highest BCUT2D eigenvalue weighted by atomic mass is 79.9. The lowest BCUT2D eigenvalue weighted by molar-refractivity contribution is -0.125. The number of nitrogens with one attached hydrogen (secondary N) is 2. The van der Waals surface area contributed by atoms with Gasteiger partial charge < -0.3 is 14.2 Å². The van der Waals surface area contributed by atoms with Crippen molar-refractivity contribution in [1.29, 1.82) is 0 Å². The maximum absolute atomic E-state index is 12.2. The molecule has 0 saturated carbocycles. The molecule has 2 rings (SSSR count). The van der Waals surface area contributed by atoms with E-state index in [1.54, 1.807) is 17.5 Å². The zero-order chi connectivity index (χ0) is 20.5. The summed E-state index contributed by atoms with van der Waals surface area (Å²) in [7, 11) is 1.46. The van der Waals surface area contributed by atoms with E-state index in [0.717, 1.165) is 6.42 Å². The highest BCUT2D eigenvalue weighted by molar-refractivity contribution is 9.10. The fraction of sp³-hybridized carbons (Fsp3) is 0.278. The maximum Gasteiger partial charge on any atom is 0.338 e. The Balaban J connectivity index is 1.90. The minimum atomic E-state index is -0.722. The lowest BCUT2D eigenvalue weighted by Gasteiger charge is -2.13. The second-order valence-electron chi connectivity index (χ2n) is 5.39. The standard InChI is InChI=1S/C18H19BrN2O6S/c1-3-6-26-16-12(19)8-11(9-13(16)25-2)18(24)27-10-15(22)20-21-17(23)14-5-4-7-28-14/h4-5,7-9H,3,6,10H2,1-2H3,(H,20,22)(H,21,23). The number of carbonyl (C=O) groups excluding carboxylic acids is 3. The maximum atomic E-state index is 12.2. The molecule has 0 atom stereocenters. The second kappa shape index (κ2) is 10.7. The number of hydrogen-bond acceptors (Lipinski definition) is 7. The van der Waals surface area contributed by atoms with Crippen molar-refractivity contribution in [2.75, 3.05) is 20.3 Å². The van der Waals surface area contributed by atoms with Crippen LogP contribution in [0.4, 0.5) is 0 Å². The van der Waals surface area contributed by atoms with Gasteiger partial charge >= 0.3 is 5.97 Å². The Morgan fingerprint density at radius 3 is 2.64 bits per heavy atom. The average Bonchev–Trinajstić information content (AvgIpc) is 3.23. The Morgan fingerprint density at radius 1 is 1.21 bits per heavy atom. The number of thiophene rings is 1. The van der Waals surface area contributed by atoms with Crippen LogP contribution < -0.4 is 20.3 Å². The molecular weight excluding hydrogens is 452 g/mol. The summed E-state index contributed by atoms with van der Waals surface area (Å²) in [6.45, 7) is 1.91. The van der Waals surface area contributed by atoms with Crippen molar-refractivity contribution in [3.05, 3.63) is 44.6 Å². The molecule has 0 aliphatic carbocycles. The van der Waals surface area contributed by atoms with E-state index >= 15 is 0 Å². The van der Waals surface area contributed by atoms with Gasteiger partial charge in [0.2, 0.25) is 0 Å². The Kier molecular flexibility index (Phi) is 8.27. The number of rotatable bonds is 8. The summed E-state index contributed by atoms with van der Waals surface area (Å²) in [4.78, 5) is 36.2. The molecule has 0 aliphatic rings. The molecule has 1 aromatic carbocycles. The lowest BCUT2D eigenvalue weighted by Crippen LogP contribution is -2.43. The van der Waals surface area contributed by atoms with Gasteiger partial charge in [0.15, 0.2) is 18.1 Å². The number of benzene rings is 1. The molecule has 2 aromatic rings. The smallest absolute Gasteiger partial charge is 0.338 e. The zero-order valence-corrected chi connectivity index (χ0v) is 17.6. The van der Waals surface area contributed by atoms with Crippen LogP contribution in [-0.4, -0.2) is 38.1 Å². The van der Waals surface area contributed by atoms with Crippen molar-refractivity contribution in [3.63, 3.8) is 0 Å². The predicted octanol–water partition coefficient (Wildman–Crippen LogP) is 2.93. The summed E-state index contributed by atoms with van der Waals surface area (Å²) in [6.07, 6.45) is 0.817. The Morgan fingerprint density at radius 2 is 2.00 bits per heavy atom. The molecule has 2 amide bonds. The topological polar surface area (TPSA) is 103 Å². The van der Waals surface area contributed by atoms with E-state index in [1.165, 1.54) is 30.6 Å². The van der Waals surface area contributed by atoms with Crippen molar-refractivity contribution in [1.82, 2.24) is 10.9 Å². The third kappa shape index (κ3) is 5.96. The van der Waals surface area contributed by atoms with Crippen LogP contribution in [0.15, 0.2) is 34.1 Å². The van der Waals surface area contributed by atoms with Crippen LogP contribution in [0.3, 0.4) is 0 Å². The Bertz CT molecular complexity index is 841. The first kappa shape index (κ1) is 21.7. The molecule has 0 saturated heterocycles. The van der Waals surface area contributed by atoms with Crippen LogP contribution in [0.2, 0.25) is 0 Å². The summed E-state index contributed by atoms with van der Waals surface area (Å²) in [5.41, 5.74) is 4.60. The highest BCUT2D eigenvalue weighted by Gasteiger charge is 2.18. The minimum absolute atomic E-state index is 0.183. The third-order valence-electron chi connectivity index (χ3n) is 3.31. The van der Waals surface area contributed by atoms with Crippen molar-refractivity contribution < 1.29 is 28.6 Å². The van der Waals surface area contributed by atoms with Gasteiger partial charge in [-0.15, -0.1) is 11.3 Å².